The van der Waals surface area contributed by atoms with Crippen LogP contribution in [0, 0.1) is 29.4 Å². The summed E-state index contributed by atoms with van der Waals surface area (Å²) in [5.74, 6) is -0.739. The van der Waals surface area contributed by atoms with E-state index in [0.717, 1.165) is 49.7 Å². The van der Waals surface area contributed by atoms with E-state index >= 15 is 0 Å². The Kier molecular flexibility index (Phi) is 9.19. The molecular weight excluding hydrogens is 419 g/mol. The third-order valence-electron chi connectivity index (χ3n) is 7.71. The minimum Gasteiger partial charge on any atom is -0.206 e. The molecule has 0 unspecified atom stereocenters. The summed E-state index contributed by atoms with van der Waals surface area (Å²) in [6.45, 7) is 2.20. The van der Waals surface area contributed by atoms with E-state index < -0.39 is 23.4 Å². The molecule has 5 heteroatoms. The van der Waals surface area contributed by atoms with Gasteiger partial charge >= 0.3 is 6.18 Å². The number of unbranched alkanes of at least 4 members (excludes halogenated alkanes) is 1. The molecule has 0 atom stereocenters. The summed E-state index contributed by atoms with van der Waals surface area (Å²) in [4.78, 5) is 0. The van der Waals surface area contributed by atoms with Gasteiger partial charge in [-0.1, -0.05) is 51.2 Å². The zero-order valence-corrected chi connectivity index (χ0v) is 19.2. The van der Waals surface area contributed by atoms with Crippen molar-refractivity contribution in [3.05, 3.63) is 47.0 Å². The number of hydrogen-bond acceptors (Lipinski definition) is 0. The van der Waals surface area contributed by atoms with Crippen LogP contribution in [0.3, 0.4) is 0 Å². The summed E-state index contributed by atoms with van der Waals surface area (Å²) in [6.07, 6.45) is 14.6. The summed E-state index contributed by atoms with van der Waals surface area (Å²) in [7, 11) is 0. The van der Waals surface area contributed by atoms with Gasteiger partial charge in [-0.3, -0.25) is 0 Å². The van der Waals surface area contributed by atoms with Crippen LogP contribution in [0.1, 0.15) is 107 Å². The molecule has 0 amide bonds. The molecule has 0 saturated heterocycles. The van der Waals surface area contributed by atoms with Crippen LogP contribution in [0.5, 0.6) is 0 Å². The van der Waals surface area contributed by atoms with Crippen LogP contribution < -0.4 is 0 Å². The first-order chi connectivity index (χ1) is 15.3. The zero-order valence-electron chi connectivity index (χ0n) is 19.2. The Hall–Kier alpha value is -1.39. The third kappa shape index (κ3) is 7.05. The second-order valence-electron chi connectivity index (χ2n) is 10.0. The van der Waals surface area contributed by atoms with Crippen molar-refractivity contribution in [1.29, 1.82) is 0 Å². The Labute approximate surface area is 189 Å². The van der Waals surface area contributed by atoms with Gasteiger partial charge in [0.2, 0.25) is 0 Å². The Morgan fingerprint density at radius 3 is 1.78 bits per heavy atom. The standard InChI is InChI=1S/C27H37F5/c1-2-3-4-5-6-19-7-9-20(10-8-19)11-12-21-13-15-22(16-14-21)23-17-24(28)26(25(29)18-23)27(30,31)32/h4-5,17-22H,2-3,6-16H2,1H3. The van der Waals surface area contributed by atoms with Crippen molar-refractivity contribution in [2.24, 2.45) is 17.8 Å². The van der Waals surface area contributed by atoms with E-state index in [-0.39, 0.29) is 5.92 Å². The van der Waals surface area contributed by atoms with E-state index in [1.807, 2.05) is 0 Å². The first kappa shape index (κ1) is 25.2. The van der Waals surface area contributed by atoms with Crippen molar-refractivity contribution in [1.82, 2.24) is 0 Å². The molecule has 2 fully saturated rings. The zero-order chi connectivity index (χ0) is 23.1. The molecule has 32 heavy (non-hydrogen) atoms. The number of hydrogen-bond donors (Lipinski definition) is 0. The highest BCUT2D eigenvalue weighted by Gasteiger charge is 2.38. The van der Waals surface area contributed by atoms with Crippen LogP contribution in [-0.2, 0) is 6.18 Å². The monoisotopic (exact) mass is 456 g/mol. The predicted molar refractivity (Wildman–Crippen MR) is 119 cm³/mol. The average molecular weight is 457 g/mol. The molecule has 2 aliphatic rings. The lowest BCUT2D eigenvalue weighted by Crippen LogP contribution is -2.18. The number of allylic oxidation sites excluding steroid dienone is 2. The summed E-state index contributed by atoms with van der Waals surface area (Å²) in [5, 5.41) is 0. The maximum absolute atomic E-state index is 13.9. The van der Waals surface area contributed by atoms with Crippen LogP contribution in [0.25, 0.3) is 0 Å². The molecule has 0 heterocycles. The largest absolute Gasteiger partial charge is 0.422 e. The fourth-order valence-corrected chi connectivity index (χ4v) is 5.68. The molecular formula is C27H37F5. The van der Waals surface area contributed by atoms with Gasteiger partial charge in [0.15, 0.2) is 0 Å². The molecule has 1 aromatic rings. The van der Waals surface area contributed by atoms with E-state index in [9.17, 15) is 22.0 Å². The second-order valence-corrected chi connectivity index (χ2v) is 10.0. The van der Waals surface area contributed by atoms with E-state index in [0.29, 0.717) is 11.5 Å². The molecule has 0 spiro atoms. The lowest BCUT2D eigenvalue weighted by atomic mass is 9.74. The molecule has 0 aromatic heterocycles. The minimum atomic E-state index is -5.00. The average Bonchev–Trinajstić information content (AvgIpc) is 2.75. The van der Waals surface area contributed by atoms with Crippen LogP contribution >= 0.6 is 0 Å². The maximum atomic E-state index is 13.9. The fourth-order valence-electron chi connectivity index (χ4n) is 5.68. The van der Waals surface area contributed by atoms with Gasteiger partial charge in [0, 0.05) is 0 Å². The quantitative estimate of drug-likeness (QED) is 0.270. The van der Waals surface area contributed by atoms with Gasteiger partial charge < -0.3 is 0 Å². The highest BCUT2D eigenvalue weighted by atomic mass is 19.4. The van der Waals surface area contributed by atoms with E-state index in [1.54, 1.807) is 0 Å². The topological polar surface area (TPSA) is 0 Å². The molecule has 0 nitrogen and oxygen atoms in total. The smallest absolute Gasteiger partial charge is 0.206 e. The van der Waals surface area contributed by atoms with Crippen molar-refractivity contribution in [2.75, 3.05) is 0 Å². The van der Waals surface area contributed by atoms with Gasteiger partial charge in [0.25, 0.3) is 0 Å². The summed E-state index contributed by atoms with van der Waals surface area (Å²) in [5.41, 5.74) is -1.40. The van der Waals surface area contributed by atoms with E-state index in [1.165, 1.54) is 57.8 Å². The highest BCUT2D eigenvalue weighted by molar-refractivity contribution is 5.30. The first-order valence-corrected chi connectivity index (χ1v) is 12.5. The van der Waals surface area contributed by atoms with Crippen molar-refractivity contribution >= 4 is 0 Å². The second kappa shape index (κ2) is 11.7. The lowest BCUT2D eigenvalue weighted by molar-refractivity contribution is -0.142. The van der Waals surface area contributed by atoms with Crippen LogP contribution in [0.15, 0.2) is 24.3 Å². The number of benzene rings is 1. The predicted octanol–water partition coefficient (Wildman–Crippen LogP) is 9.59. The SMILES string of the molecule is CCCC=CCC1CCC(CCC2CCC(c3cc(F)c(C(F)(F)F)c(F)c3)CC2)CC1. The van der Waals surface area contributed by atoms with Gasteiger partial charge in [-0.25, -0.2) is 8.78 Å². The van der Waals surface area contributed by atoms with Gasteiger partial charge in [-0.2, -0.15) is 13.2 Å². The molecule has 0 N–H and O–H groups in total. The van der Waals surface area contributed by atoms with Gasteiger partial charge in [-0.15, -0.1) is 0 Å². The van der Waals surface area contributed by atoms with Crippen LogP contribution in [0.2, 0.25) is 0 Å². The van der Waals surface area contributed by atoms with Gasteiger partial charge in [0.05, 0.1) is 0 Å². The minimum absolute atomic E-state index is 0.0475. The number of rotatable bonds is 8. The van der Waals surface area contributed by atoms with E-state index in [4.69, 9.17) is 0 Å². The fraction of sp³-hybridized carbons (Fsp3) is 0.704. The summed E-state index contributed by atoms with van der Waals surface area (Å²) >= 11 is 0. The molecule has 3 rings (SSSR count). The molecule has 2 aliphatic carbocycles. The van der Waals surface area contributed by atoms with Crippen molar-refractivity contribution < 1.29 is 22.0 Å². The van der Waals surface area contributed by atoms with Crippen molar-refractivity contribution in [3.8, 4) is 0 Å². The van der Waals surface area contributed by atoms with Gasteiger partial charge in [0.1, 0.15) is 17.2 Å². The molecule has 2 saturated carbocycles. The normalized spacial score (nSPS) is 27.2. The Balaban J connectivity index is 1.40. The van der Waals surface area contributed by atoms with Crippen molar-refractivity contribution in [3.63, 3.8) is 0 Å². The third-order valence-corrected chi connectivity index (χ3v) is 7.71. The Morgan fingerprint density at radius 1 is 0.781 bits per heavy atom. The molecule has 0 aliphatic heterocycles. The molecule has 0 bridgehead atoms. The molecule has 1 aromatic carbocycles. The Morgan fingerprint density at radius 2 is 1.28 bits per heavy atom. The number of halogens is 5. The lowest BCUT2D eigenvalue weighted by Gasteiger charge is -2.32. The number of alkyl halides is 3. The highest BCUT2D eigenvalue weighted by Crippen LogP contribution is 2.42. The first-order valence-electron chi connectivity index (χ1n) is 12.5. The molecule has 0 radical (unpaired) electrons. The Bertz CT molecular complexity index is 712. The van der Waals surface area contributed by atoms with Crippen LogP contribution in [0.4, 0.5) is 22.0 Å². The van der Waals surface area contributed by atoms with Crippen LogP contribution in [-0.4, -0.2) is 0 Å². The summed E-state index contributed by atoms with van der Waals surface area (Å²) < 4.78 is 66.2. The van der Waals surface area contributed by atoms with Crippen molar-refractivity contribution in [2.45, 2.75) is 102 Å². The van der Waals surface area contributed by atoms with E-state index in [2.05, 4.69) is 19.1 Å². The van der Waals surface area contributed by atoms with Gasteiger partial charge in [-0.05, 0) is 92.7 Å². The molecule has 180 valence electrons. The maximum Gasteiger partial charge on any atom is 0.422 e. The summed E-state index contributed by atoms with van der Waals surface area (Å²) in [6, 6.07) is 1.79.